The van der Waals surface area contributed by atoms with Crippen LogP contribution in [-0.4, -0.2) is 38.7 Å². The molecule has 1 fully saturated rings. The molecule has 0 saturated heterocycles. The molecule has 7 nitrogen and oxygen atoms in total. The molecule has 29 heavy (non-hydrogen) atoms. The van der Waals surface area contributed by atoms with Crippen LogP contribution in [-0.2, 0) is 4.79 Å². The number of allylic oxidation sites excluding steroid dienone is 1. The van der Waals surface area contributed by atoms with E-state index in [1.807, 2.05) is 35.2 Å². The van der Waals surface area contributed by atoms with Crippen molar-refractivity contribution in [3.8, 4) is 0 Å². The van der Waals surface area contributed by atoms with Gasteiger partial charge in [-0.1, -0.05) is 65.3 Å². The highest BCUT2D eigenvalue weighted by Crippen LogP contribution is 2.36. The number of carbonyl (C=O) groups excluding carboxylic acids is 1. The van der Waals surface area contributed by atoms with Crippen LogP contribution in [0, 0.1) is 6.92 Å². The molecule has 1 atom stereocenters. The van der Waals surface area contributed by atoms with Gasteiger partial charge in [0.15, 0.2) is 0 Å². The summed E-state index contributed by atoms with van der Waals surface area (Å²) in [4.78, 5) is 14.5. The number of carbonyl (C=O) groups is 1. The molecule has 1 aliphatic carbocycles. The third kappa shape index (κ3) is 3.51. The highest BCUT2D eigenvalue weighted by molar-refractivity contribution is 5.89. The summed E-state index contributed by atoms with van der Waals surface area (Å²) < 4.78 is 1.78. The molecular weight excluding hydrogens is 364 g/mol. The van der Waals surface area contributed by atoms with E-state index in [1.54, 1.807) is 4.68 Å². The zero-order chi connectivity index (χ0) is 19.8. The zero-order valence-electron chi connectivity index (χ0n) is 16.2. The normalized spacial score (nSPS) is 18.2. The molecule has 0 spiro atoms. The van der Waals surface area contributed by atoms with Crippen molar-refractivity contribution in [2.24, 2.45) is 0 Å². The minimum atomic E-state index is -0.140. The molecule has 2 aromatic carbocycles. The maximum absolute atomic E-state index is 12.6. The number of aromatic nitrogens is 4. The van der Waals surface area contributed by atoms with Crippen LogP contribution in [0.3, 0.4) is 0 Å². The molecule has 146 valence electrons. The van der Waals surface area contributed by atoms with Crippen LogP contribution in [0.1, 0.15) is 35.6 Å². The molecule has 1 aromatic heterocycles. The number of tetrazole rings is 1. The summed E-state index contributed by atoms with van der Waals surface area (Å²) >= 11 is 0. The molecule has 0 radical (unpaired) electrons. The SMILES string of the molecule is Cc1ccc([C@H]2C=C(c3ccccc3)N(CC(=O)NC3CC3)c3nnnn32)cc1. The summed E-state index contributed by atoms with van der Waals surface area (Å²) in [5.41, 5.74) is 4.26. The second-order valence-electron chi connectivity index (χ2n) is 7.62. The first-order valence-electron chi connectivity index (χ1n) is 9.87. The largest absolute Gasteiger partial charge is 0.352 e. The molecular formula is C22H22N6O. The van der Waals surface area contributed by atoms with Crippen molar-refractivity contribution in [1.29, 1.82) is 0 Å². The van der Waals surface area contributed by atoms with Gasteiger partial charge in [-0.2, -0.15) is 4.68 Å². The van der Waals surface area contributed by atoms with E-state index in [1.165, 1.54) is 5.56 Å². The summed E-state index contributed by atoms with van der Waals surface area (Å²) in [6.45, 7) is 2.25. The van der Waals surface area contributed by atoms with Gasteiger partial charge in [0.25, 0.3) is 5.95 Å². The monoisotopic (exact) mass is 386 g/mol. The summed E-state index contributed by atoms with van der Waals surface area (Å²) in [5.74, 6) is 0.556. The number of rotatable bonds is 5. The number of hydrogen-bond donors (Lipinski definition) is 1. The molecule has 3 aromatic rings. The summed E-state index contributed by atoms with van der Waals surface area (Å²) in [7, 11) is 0. The minimum absolute atomic E-state index is 0.0160. The third-order valence-electron chi connectivity index (χ3n) is 5.32. The molecule has 1 saturated carbocycles. The van der Waals surface area contributed by atoms with Crippen LogP contribution in [0.5, 0.6) is 0 Å². The summed E-state index contributed by atoms with van der Waals surface area (Å²) in [6.07, 6.45) is 4.24. The molecule has 1 amide bonds. The average Bonchev–Trinajstić information content (AvgIpc) is 3.41. The van der Waals surface area contributed by atoms with Crippen molar-refractivity contribution < 1.29 is 4.79 Å². The maximum atomic E-state index is 12.6. The molecule has 7 heteroatoms. The van der Waals surface area contributed by atoms with Gasteiger partial charge in [-0.25, -0.2) is 0 Å². The van der Waals surface area contributed by atoms with Crippen molar-refractivity contribution in [3.05, 3.63) is 77.4 Å². The number of fused-ring (bicyclic) bond motifs is 1. The smallest absolute Gasteiger partial charge is 0.251 e. The van der Waals surface area contributed by atoms with Crippen molar-refractivity contribution >= 4 is 17.6 Å². The van der Waals surface area contributed by atoms with Crippen molar-refractivity contribution in [1.82, 2.24) is 25.5 Å². The van der Waals surface area contributed by atoms with Crippen molar-refractivity contribution in [2.45, 2.75) is 31.8 Å². The first kappa shape index (κ1) is 17.6. The van der Waals surface area contributed by atoms with Crippen molar-refractivity contribution in [3.63, 3.8) is 0 Å². The van der Waals surface area contributed by atoms with Crippen LogP contribution in [0.25, 0.3) is 5.70 Å². The van der Waals surface area contributed by atoms with Gasteiger partial charge < -0.3 is 5.32 Å². The van der Waals surface area contributed by atoms with E-state index in [0.29, 0.717) is 12.0 Å². The molecule has 2 heterocycles. The number of aryl methyl sites for hydroxylation is 1. The predicted molar refractivity (Wildman–Crippen MR) is 110 cm³/mol. The van der Waals surface area contributed by atoms with Gasteiger partial charge in [0, 0.05) is 6.04 Å². The first-order valence-corrected chi connectivity index (χ1v) is 9.87. The average molecular weight is 386 g/mol. The van der Waals surface area contributed by atoms with Gasteiger partial charge in [0.05, 0.1) is 5.70 Å². The predicted octanol–water partition coefficient (Wildman–Crippen LogP) is 2.71. The maximum Gasteiger partial charge on any atom is 0.251 e. The number of nitrogens with zero attached hydrogens (tertiary/aromatic N) is 5. The van der Waals surface area contributed by atoms with E-state index >= 15 is 0 Å². The van der Waals surface area contributed by atoms with E-state index in [-0.39, 0.29) is 18.5 Å². The Bertz CT molecular complexity index is 1050. The summed E-state index contributed by atoms with van der Waals surface area (Å²) in [6, 6.07) is 18.6. The Balaban J connectivity index is 1.57. The van der Waals surface area contributed by atoms with Crippen LogP contribution in [0.4, 0.5) is 5.95 Å². The Morgan fingerprint density at radius 2 is 1.86 bits per heavy atom. The van der Waals surface area contributed by atoms with E-state index in [4.69, 9.17) is 0 Å². The fourth-order valence-electron chi connectivity index (χ4n) is 3.63. The Morgan fingerprint density at radius 1 is 1.10 bits per heavy atom. The Kier molecular flexibility index (Phi) is 4.35. The summed E-state index contributed by atoms with van der Waals surface area (Å²) in [5, 5.41) is 15.5. The number of hydrogen-bond acceptors (Lipinski definition) is 5. The van der Waals surface area contributed by atoms with Crippen LogP contribution >= 0.6 is 0 Å². The topological polar surface area (TPSA) is 75.9 Å². The lowest BCUT2D eigenvalue weighted by Gasteiger charge is -2.32. The molecule has 0 unspecified atom stereocenters. The van der Waals surface area contributed by atoms with E-state index in [9.17, 15) is 4.79 Å². The quantitative estimate of drug-likeness (QED) is 0.730. The number of nitrogens with one attached hydrogen (secondary N) is 1. The first-order chi connectivity index (χ1) is 14.2. The van der Waals surface area contributed by atoms with Gasteiger partial charge in [0.2, 0.25) is 5.91 Å². The second-order valence-corrected chi connectivity index (χ2v) is 7.62. The fourth-order valence-corrected chi connectivity index (χ4v) is 3.63. The van der Waals surface area contributed by atoms with E-state index in [0.717, 1.165) is 29.7 Å². The fraction of sp³-hybridized carbons (Fsp3) is 0.273. The standard InChI is InChI=1S/C22H22N6O/c1-15-7-9-17(10-8-15)20-13-19(16-5-3-2-4-6-16)27(22-24-25-26-28(20)22)14-21(29)23-18-11-12-18/h2-10,13,18,20H,11-12,14H2,1H3,(H,23,29)/t20-/m1/s1. The zero-order valence-corrected chi connectivity index (χ0v) is 16.2. The van der Waals surface area contributed by atoms with Gasteiger partial charge in [-0.15, -0.1) is 0 Å². The lowest BCUT2D eigenvalue weighted by atomic mass is 10.00. The van der Waals surface area contributed by atoms with Gasteiger partial charge in [-0.05, 0) is 47.4 Å². The minimum Gasteiger partial charge on any atom is -0.352 e. The molecule has 1 aliphatic heterocycles. The van der Waals surface area contributed by atoms with Gasteiger partial charge >= 0.3 is 0 Å². The Labute approximate surface area is 169 Å². The number of anilines is 1. The molecule has 0 bridgehead atoms. The highest BCUT2D eigenvalue weighted by Gasteiger charge is 2.33. The molecule has 5 rings (SSSR count). The molecule has 1 N–H and O–H groups in total. The van der Waals surface area contributed by atoms with E-state index in [2.05, 4.69) is 58.1 Å². The van der Waals surface area contributed by atoms with Crippen LogP contribution in [0.2, 0.25) is 0 Å². The second kappa shape index (κ2) is 7.16. The van der Waals surface area contributed by atoms with Crippen molar-refractivity contribution in [2.75, 3.05) is 11.4 Å². The number of benzene rings is 2. The van der Waals surface area contributed by atoms with Gasteiger partial charge in [-0.3, -0.25) is 9.69 Å². The lowest BCUT2D eigenvalue weighted by molar-refractivity contribution is -0.119. The Hall–Kier alpha value is -3.48. The van der Waals surface area contributed by atoms with E-state index < -0.39 is 0 Å². The van der Waals surface area contributed by atoms with Crippen LogP contribution in [0.15, 0.2) is 60.7 Å². The van der Waals surface area contributed by atoms with Gasteiger partial charge in [0.1, 0.15) is 12.6 Å². The molecule has 2 aliphatic rings. The van der Waals surface area contributed by atoms with Crippen LogP contribution < -0.4 is 10.2 Å². The lowest BCUT2D eigenvalue weighted by Crippen LogP contribution is -2.40. The third-order valence-corrected chi connectivity index (χ3v) is 5.32. The number of amides is 1. The Morgan fingerprint density at radius 3 is 2.59 bits per heavy atom. The highest BCUT2D eigenvalue weighted by atomic mass is 16.2.